The largest absolute Gasteiger partial charge is 0.474 e. The van der Waals surface area contributed by atoms with E-state index in [2.05, 4.69) is 34.8 Å². The smallest absolute Gasteiger partial charge is 0.229 e. The van der Waals surface area contributed by atoms with Crippen molar-refractivity contribution in [2.45, 2.75) is 63.6 Å². The maximum absolute atomic E-state index is 11.8. The van der Waals surface area contributed by atoms with Crippen LogP contribution in [0.3, 0.4) is 0 Å². The molecular weight excluding hydrogens is 556 g/mol. The highest BCUT2D eigenvalue weighted by atomic mass is 32.2. The lowest BCUT2D eigenvalue weighted by Gasteiger charge is -2.31. The molecule has 2 N–H and O–H groups in total. The van der Waals surface area contributed by atoms with Crippen LogP contribution in [0.5, 0.6) is 5.88 Å². The molecule has 3 aromatic heterocycles. The Morgan fingerprint density at radius 3 is 2.40 bits per heavy atom. The fraction of sp³-hybridized carbons (Fsp3) is 0.586. The number of anilines is 3. The van der Waals surface area contributed by atoms with Gasteiger partial charge in [0, 0.05) is 62.8 Å². The number of rotatable bonds is 9. The number of nitrogens with one attached hydrogen (secondary N) is 2. The van der Waals surface area contributed by atoms with Crippen LogP contribution in [-0.2, 0) is 21.3 Å². The van der Waals surface area contributed by atoms with Crippen molar-refractivity contribution >= 4 is 38.4 Å². The minimum absolute atomic E-state index is 0.00121. The molecule has 0 aromatic carbocycles. The number of hydrogen-bond donors (Lipinski definition) is 2. The highest BCUT2D eigenvalue weighted by Gasteiger charge is 2.25. The highest BCUT2D eigenvalue weighted by molar-refractivity contribution is 7.92. The number of aromatic nitrogens is 4. The van der Waals surface area contributed by atoms with E-state index in [0.29, 0.717) is 22.9 Å². The summed E-state index contributed by atoms with van der Waals surface area (Å²) >= 11 is 0. The van der Waals surface area contributed by atoms with Crippen molar-refractivity contribution < 1.29 is 17.9 Å². The minimum Gasteiger partial charge on any atom is -0.474 e. The zero-order valence-corrected chi connectivity index (χ0v) is 25.0. The molecule has 6 rings (SSSR count). The van der Waals surface area contributed by atoms with Crippen LogP contribution in [0.15, 0.2) is 30.7 Å². The van der Waals surface area contributed by atoms with Gasteiger partial charge in [-0.3, -0.25) is 14.6 Å². The van der Waals surface area contributed by atoms with E-state index >= 15 is 0 Å². The third kappa shape index (κ3) is 7.56. The molecule has 13 heteroatoms. The third-order valence-electron chi connectivity index (χ3n) is 8.12. The molecule has 3 aliphatic rings. The average molecular weight is 597 g/mol. The van der Waals surface area contributed by atoms with Crippen LogP contribution in [0.4, 0.5) is 17.5 Å². The van der Waals surface area contributed by atoms with Crippen LogP contribution >= 0.6 is 0 Å². The second kappa shape index (κ2) is 12.9. The zero-order chi connectivity index (χ0) is 28.9. The lowest BCUT2D eigenvalue weighted by molar-refractivity contribution is 0.0341. The van der Waals surface area contributed by atoms with Gasteiger partial charge in [0.15, 0.2) is 0 Å². The van der Waals surface area contributed by atoms with Gasteiger partial charge >= 0.3 is 0 Å². The predicted octanol–water partition coefficient (Wildman–Crippen LogP) is 3.42. The number of piperidine rings is 1. The van der Waals surface area contributed by atoms with Gasteiger partial charge in [0.2, 0.25) is 21.9 Å². The Morgan fingerprint density at radius 1 is 0.952 bits per heavy atom. The Morgan fingerprint density at radius 2 is 1.69 bits per heavy atom. The van der Waals surface area contributed by atoms with Crippen LogP contribution < -0.4 is 19.7 Å². The fourth-order valence-corrected chi connectivity index (χ4v) is 6.46. The van der Waals surface area contributed by atoms with E-state index in [-0.39, 0.29) is 12.1 Å². The van der Waals surface area contributed by atoms with Crippen molar-refractivity contribution in [2.24, 2.45) is 0 Å². The molecule has 0 spiro atoms. The molecule has 3 aromatic rings. The molecule has 0 unspecified atom stereocenters. The van der Waals surface area contributed by atoms with Gasteiger partial charge in [-0.1, -0.05) is 0 Å². The van der Waals surface area contributed by atoms with E-state index in [1.807, 2.05) is 18.5 Å². The van der Waals surface area contributed by atoms with Crippen molar-refractivity contribution in [1.82, 2.24) is 24.8 Å². The Bertz CT molecular complexity index is 1450. The first kappa shape index (κ1) is 28.8. The van der Waals surface area contributed by atoms with E-state index < -0.39 is 10.0 Å². The van der Waals surface area contributed by atoms with Gasteiger partial charge < -0.3 is 19.7 Å². The van der Waals surface area contributed by atoms with Gasteiger partial charge in [-0.25, -0.2) is 18.4 Å². The van der Waals surface area contributed by atoms with Gasteiger partial charge in [-0.05, 0) is 51.0 Å². The van der Waals surface area contributed by atoms with Gasteiger partial charge in [-0.15, -0.1) is 0 Å². The van der Waals surface area contributed by atoms with Gasteiger partial charge in [0.1, 0.15) is 11.9 Å². The van der Waals surface area contributed by atoms with Crippen LogP contribution in [-0.4, -0.2) is 91.0 Å². The maximum atomic E-state index is 11.8. The molecule has 2 saturated heterocycles. The summed E-state index contributed by atoms with van der Waals surface area (Å²) in [4.78, 5) is 23.3. The fourth-order valence-electron chi connectivity index (χ4n) is 5.92. The van der Waals surface area contributed by atoms with E-state index in [1.54, 1.807) is 12.3 Å². The monoisotopic (exact) mass is 596 g/mol. The molecule has 42 heavy (non-hydrogen) atoms. The third-order valence-corrected chi connectivity index (χ3v) is 8.72. The van der Waals surface area contributed by atoms with Gasteiger partial charge in [-0.2, -0.15) is 4.98 Å². The summed E-state index contributed by atoms with van der Waals surface area (Å²) in [6, 6.07) is 4.01. The van der Waals surface area contributed by atoms with Crippen molar-refractivity contribution in [2.75, 3.05) is 60.6 Å². The van der Waals surface area contributed by atoms with E-state index in [4.69, 9.17) is 14.5 Å². The van der Waals surface area contributed by atoms with E-state index in [1.165, 1.54) is 6.42 Å². The molecule has 3 fully saturated rings. The lowest BCUT2D eigenvalue weighted by atomic mass is 9.93. The van der Waals surface area contributed by atoms with Crippen molar-refractivity contribution in [3.05, 3.63) is 36.3 Å². The van der Waals surface area contributed by atoms with Crippen LogP contribution in [0.1, 0.15) is 50.5 Å². The molecule has 1 aliphatic carbocycles. The van der Waals surface area contributed by atoms with Crippen LogP contribution in [0, 0.1) is 0 Å². The molecule has 2 aliphatic heterocycles. The molecule has 0 bridgehead atoms. The molecule has 5 heterocycles. The lowest BCUT2D eigenvalue weighted by Crippen LogP contribution is -2.35. The number of nitrogens with zero attached hydrogens (tertiary/aromatic N) is 6. The summed E-state index contributed by atoms with van der Waals surface area (Å²) in [5.41, 5.74) is 2.24. The number of fused-ring (bicyclic) bond motifs is 1. The Kier molecular flexibility index (Phi) is 8.86. The van der Waals surface area contributed by atoms with Gasteiger partial charge in [0.25, 0.3) is 0 Å². The van der Waals surface area contributed by atoms with Crippen molar-refractivity contribution in [3.63, 3.8) is 0 Å². The number of ether oxygens (including phenoxy) is 2. The summed E-state index contributed by atoms with van der Waals surface area (Å²) in [5, 5.41) is 4.20. The molecule has 0 radical (unpaired) electrons. The second-order valence-electron chi connectivity index (χ2n) is 11.5. The van der Waals surface area contributed by atoms with Crippen molar-refractivity contribution in [3.8, 4) is 5.88 Å². The van der Waals surface area contributed by atoms with Crippen LogP contribution in [0.2, 0.25) is 0 Å². The zero-order valence-electron chi connectivity index (χ0n) is 24.2. The number of morpholine rings is 1. The highest BCUT2D eigenvalue weighted by Crippen LogP contribution is 2.33. The summed E-state index contributed by atoms with van der Waals surface area (Å²) in [6.07, 6.45) is 13.6. The molecule has 1 saturated carbocycles. The first-order valence-electron chi connectivity index (χ1n) is 15.0. The van der Waals surface area contributed by atoms with Crippen LogP contribution in [0.25, 0.3) is 10.9 Å². The van der Waals surface area contributed by atoms with E-state index in [9.17, 15) is 8.42 Å². The standard InChI is InChI=1S/C29H40N8O4S/c1-42(38,39)35-23-15-25-26(30-19-23)16-27(37-9-3-2-4-10-37)34-28(25)41-24-7-5-22(6-8-24)33-29-31-17-21(18-32-29)20-36-11-13-40-14-12-36/h15-19,22,24,35H,2-14,20H2,1H3,(H,31,32,33)/t22-,24+. The molecule has 0 amide bonds. The quantitative estimate of drug-likeness (QED) is 0.376. The number of pyridine rings is 2. The summed E-state index contributed by atoms with van der Waals surface area (Å²) < 4.78 is 38.2. The predicted molar refractivity (Wildman–Crippen MR) is 162 cm³/mol. The summed E-state index contributed by atoms with van der Waals surface area (Å²) in [5.74, 6) is 2.02. The Balaban J connectivity index is 1.11. The van der Waals surface area contributed by atoms with Crippen molar-refractivity contribution in [1.29, 1.82) is 0 Å². The SMILES string of the molecule is CS(=O)(=O)Nc1cnc2cc(N3CCCCC3)nc(O[C@H]3CC[C@@H](Nc4ncc(CN5CCOCC5)cn4)CC3)c2c1. The summed E-state index contributed by atoms with van der Waals surface area (Å²) in [6.45, 7) is 6.19. The maximum Gasteiger partial charge on any atom is 0.229 e. The van der Waals surface area contributed by atoms with Gasteiger partial charge in [0.05, 0.1) is 42.3 Å². The molecule has 0 atom stereocenters. The Labute approximate surface area is 247 Å². The molecule has 12 nitrogen and oxygen atoms in total. The minimum atomic E-state index is -3.44. The first-order valence-corrected chi connectivity index (χ1v) is 16.8. The number of hydrogen-bond acceptors (Lipinski definition) is 11. The number of sulfonamides is 1. The molecular formula is C29H40N8O4S. The normalized spacial score (nSPS) is 22.2. The second-order valence-corrected chi connectivity index (χ2v) is 13.3. The van der Waals surface area contributed by atoms with E-state index in [0.717, 1.165) is 108 Å². The Hall–Kier alpha value is -3.29. The summed E-state index contributed by atoms with van der Waals surface area (Å²) in [7, 11) is -3.44. The topological polar surface area (TPSA) is 135 Å². The average Bonchev–Trinajstić information content (AvgIpc) is 2.99. The first-order chi connectivity index (χ1) is 20.4. The molecule has 226 valence electrons.